The molecule has 1 heterocycles. The first-order valence-electron chi connectivity index (χ1n) is 9.67. The van der Waals surface area contributed by atoms with E-state index >= 15 is 0 Å². The summed E-state index contributed by atoms with van der Waals surface area (Å²) in [4.78, 5) is 20.3. The molecule has 3 rings (SSSR count). The van der Waals surface area contributed by atoms with E-state index in [1.54, 1.807) is 0 Å². The number of benzene rings is 2. The molecule has 5 nitrogen and oxygen atoms in total. The SMILES string of the molecule is CN(Cc1ccc(N(C)C)cc1)C(=O)C[NH+]1CCN(c2ccccc2)CC1. The lowest BCUT2D eigenvalue weighted by molar-refractivity contribution is -0.892. The van der Waals surface area contributed by atoms with Crippen LogP contribution in [-0.2, 0) is 11.3 Å². The highest BCUT2D eigenvalue weighted by atomic mass is 16.2. The van der Waals surface area contributed by atoms with E-state index in [1.807, 2.05) is 32.1 Å². The molecule has 27 heavy (non-hydrogen) atoms. The number of rotatable bonds is 6. The Hall–Kier alpha value is -2.53. The van der Waals surface area contributed by atoms with E-state index in [9.17, 15) is 4.79 Å². The molecule has 1 saturated heterocycles. The van der Waals surface area contributed by atoms with Gasteiger partial charge in [0.15, 0.2) is 6.54 Å². The summed E-state index contributed by atoms with van der Waals surface area (Å²) in [5, 5.41) is 0. The average Bonchev–Trinajstić information content (AvgIpc) is 2.69. The molecule has 0 aliphatic carbocycles. The molecular formula is C22H31N4O+. The molecule has 1 N–H and O–H groups in total. The third kappa shape index (κ3) is 5.23. The van der Waals surface area contributed by atoms with Crippen molar-refractivity contribution in [3.8, 4) is 0 Å². The molecule has 1 amide bonds. The van der Waals surface area contributed by atoms with Gasteiger partial charge in [-0.3, -0.25) is 4.79 Å². The summed E-state index contributed by atoms with van der Waals surface area (Å²) < 4.78 is 0. The Morgan fingerprint density at radius 2 is 1.59 bits per heavy atom. The van der Waals surface area contributed by atoms with E-state index in [2.05, 4.69) is 58.3 Å². The van der Waals surface area contributed by atoms with Gasteiger partial charge in [-0.25, -0.2) is 0 Å². The van der Waals surface area contributed by atoms with Crippen LogP contribution >= 0.6 is 0 Å². The summed E-state index contributed by atoms with van der Waals surface area (Å²) in [6.45, 7) is 5.26. The van der Waals surface area contributed by atoms with Gasteiger partial charge in [-0.1, -0.05) is 30.3 Å². The molecule has 1 aliphatic heterocycles. The van der Waals surface area contributed by atoms with Gasteiger partial charge in [0.1, 0.15) is 0 Å². The largest absolute Gasteiger partial charge is 0.378 e. The second kappa shape index (κ2) is 8.91. The zero-order valence-corrected chi connectivity index (χ0v) is 16.7. The van der Waals surface area contributed by atoms with Gasteiger partial charge < -0.3 is 19.6 Å². The van der Waals surface area contributed by atoms with Crippen LogP contribution in [0.3, 0.4) is 0 Å². The number of hydrogen-bond acceptors (Lipinski definition) is 3. The van der Waals surface area contributed by atoms with Crippen molar-refractivity contribution in [1.82, 2.24) is 4.90 Å². The molecule has 2 aromatic carbocycles. The maximum atomic E-state index is 12.6. The van der Waals surface area contributed by atoms with Gasteiger partial charge in [-0.15, -0.1) is 0 Å². The number of hydrogen-bond donors (Lipinski definition) is 1. The van der Waals surface area contributed by atoms with Gasteiger partial charge in [-0.05, 0) is 29.8 Å². The fraction of sp³-hybridized carbons (Fsp3) is 0.409. The van der Waals surface area contributed by atoms with Gasteiger partial charge in [0.2, 0.25) is 0 Å². The second-order valence-corrected chi connectivity index (χ2v) is 7.56. The Labute approximate surface area is 162 Å². The third-order valence-corrected chi connectivity index (χ3v) is 5.29. The van der Waals surface area contributed by atoms with Gasteiger partial charge in [0, 0.05) is 39.1 Å². The van der Waals surface area contributed by atoms with Crippen LogP contribution in [0.1, 0.15) is 5.56 Å². The molecule has 0 atom stereocenters. The lowest BCUT2D eigenvalue weighted by Crippen LogP contribution is -3.15. The van der Waals surface area contributed by atoms with E-state index in [0.29, 0.717) is 13.1 Å². The van der Waals surface area contributed by atoms with Crippen LogP contribution in [0.5, 0.6) is 0 Å². The predicted molar refractivity (Wildman–Crippen MR) is 111 cm³/mol. The number of likely N-dealkylation sites (N-methyl/N-ethyl adjacent to an activating group) is 1. The fourth-order valence-electron chi connectivity index (χ4n) is 3.51. The summed E-state index contributed by atoms with van der Waals surface area (Å²) in [6.07, 6.45) is 0. The highest BCUT2D eigenvalue weighted by Crippen LogP contribution is 2.14. The molecule has 2 aromatic rings. The summed E-state index contributed by atoms with van der Waals surface area (Å²) in [5.41, 5.74) is 3.62. The number of carbonyl (C=O) groups excluding carboxylic acids is 1. The maximum Gasteiger partial charge on any atom is 0.277 e. The molecule has 0 bridgehead atoms. The number of amides is 1. The monoisotopic (exact) mass is 367 g/mol. The smallest absolute Gasteiger partial charge is 0.277 e. The molecule has 1 fully saturated rings. The molecular weight excluding hydrogens is 336 g/mol. The third-order valence-electron chi connectivity index (χ3n) is 5.29. The number of nitrogens with zero attached hydrogens (tertiary/aromatic N) is 3. The topological polar surface area (TPSA) is 31.2 Å². The average molecular weight is 368 g/mol. The van der Waals surface area contributed by atoms with Crippen molar-refractivity contribution in [3.05, 3.63) is 60.2 Å². The standard InChI is InChI=1S/C22H30N4O/c1-23(2)20-11-9-19(10-12-20)17-24(3)22(27)18-25-13-15-26(16-14-25)21-7-5-4-6-8-21/h4-12H,13-18H2,1-3H3/p+1. The number of para-hydroxylation sites is 1. The number of nitrogens with one attached hydrogen (secondary N) is 1. The Morgan fingerprint density at radius 3 is 2.19 bits per heavy atom. The van der Waals surface area contributed by atoms with Crippen molar-refractivity contribution >= 4 is 17.3 Å². The molecule has 144 valence electrons. The molecule has 1 aliphatic rings. The first-order chi connectivity index (χ1) is 13.0. The lowest BCUT2D eigenvalue weighted by atomic mass is 10.2. The van der Waals surface area contributed by atoms with E-state index < -0.39 is 0 Å². The van der Waals surface area contributed by atoms with Gasteiger partial charge >= 0.3 is 0 Å². The van der Waals surface area contributed by atoms with Crippen molar-refractivity contribution in [2.75, 3.05) is 63.7 Å². The normalized spacial score (nSPS) is 14.9. The fourth-order valence-corrected chi connectivity index (χ4v) is 3.51. The first kappa shape index (κ1) is 19.2. The molecule has 0 unspecified atom stereocenters. The molecule has 0 aromatic heterocycles. The van der Waals surface area contributed by atoms with Crippen LogP contribution < -0.4 is 14.7 Å². The number of anilines is 2. The summed E-state index contributed by atoms with van der Waals surface area (Å²) >= 11 is 0. The minimum atomic E-state index is 0.217. The van der Waals surface area contributed by atoms with Gasteiger partial charge in [-0.2, -0.15) is 0 Å². The number of piperazine rings is 1. The van der Waals surface area contributed by atoms with Crippen molar-refractivity contribution < 1.29 is 9.69 Å². The summed E-state index contributed by atoms with van der Waals surface area (Å²) in [5.74, 6) is 0.217. The van der Waals surface area contributed by atoms with Crippen molar-refractivity contribution in [2.45, 2.75) is 6.54 Å². The van der Waals surface area contributed by atoms with E-state index in [1.165, 1.54) is 21.8 Å². The summed E-state index contributed by atoms with van der Waals surface area (Å²) in [7, 11) is 5.97. The maximum absolute atomic E-state index is 12.6. The molecule has 0 saturated carbocycles. The number of carbonyl (C=O) groups is 1. The minimum Gasteiger partial charge on any atom is -0.378 e. The molecule has 5 heteroatoms. The van der Waals surface area contributed by atoms with Crippen LogP contribution in [0.4, 0.5) is 11.4 Å². The van der Waals surface area contributed by atoms with Crippen LogP contribution in [0.2, 0.25) is 0 Å². The second-order valence-electron chi connectivity index (χ2n) is 7.56. The zero-order valence-electron chi connectivity index (χ0n) is 16.7. The highest BCUT2D eigenvalue weighted by Gasteiger charge is 2.23. The Bertz CT molecular complexity index is 722. The lowest BCUT2D eigenvalue weighted by Gasteiger charge is -2.34. The Kier molecular flexibility index (Phi) is 6.35. The van der Waals surface area contributed by atoms with Crippen LogP contribution in [-0.4, -0.2) is 64.7 Å². The van der Waals surface area contributed by atoms with Gasteiger partial charge in [0.25, 0.3) is 5.91 Å². The van der Waals surface area contributed by atoms with Crippen LogP contribution in [0.25, 0.3) is 0 Å². The van der Waals surface area contributed by atoms with Gasteiger partial charge in [0.05, 0.1) is 26.2 Å². The minimum absolute atomic E-state index is 0.217. The van der Waals surface area contributed by atoms with Crippen molar-refractivity contribution in [3.63, 3.8) is 0 Å². The Balaban J connectivity index is 1.46. The summed E-state index contributed by atoms with van der Waals surface area (Å²) in [6, 6.07) is 18.9. The molecule has 0 spiro atoms. The van der Waals surface area contributed by atoms with Crippen molar-refractivity contribution in [1.29, 1.82) is 0 Å². The van der Waals surface area contributed by atoms with E-state index in [0.717, 1.165) is 26.2 Å². The van der Waals surface area contributed by atoms with E-state index in [4.69, 9.17) is 0 Å². The zero-order chi connectivity index (χ0) is 19.2. The molecule has 0 radical (unpaired) electrons. The van der Waals surface area contributed by atoms with Crippen molar-refractivity contribution in [2.24, 2.45) is 0 Å². The van der Waals surface area contributed by atoms with Crippen LogP contribution in [0, 0.1) is 0 Å². The van der Waals surface area contributed by atoms with Crippen LogP contribution in [0.15, 0.2) is 54.6 Å². The number of quaternary nitrogens is 1. The first-order valence-corrected chi connectivity index (χ1v) is 9.67. The highest BCUT2D eigenvalue weighted by molar-refractivity contribution is 5.76. The quantitative estimate of drug-likeness (QED) is 0.830. The predicted octanol–water partition coefficient (Wildman–Crippen LogP) is 1.12. The Morgan fingerprint density at radius 1 is 0.963 bits per heavy atom. The van der Waals surface area contributed by atoms with E-state index in [-0.39, 0.29) is 5.91 Å².